The van der Waals surface area contributed by atoms with Gasteiger partial charge in [-0.25, -0.2) is 0 Å². The second-order valence-electron chi connectivity index (χ2n) is 8.49. The molecule has 0 atom stereocenters. The van der Waals surface area contributed by atoms with Crippen LogP contribution in [0.15, 0.2) is 60.7 Å². The number of aromatic hydroxyl groups is 3. The van der Waals surface area contributed by atoms with E-state index >= 15 is 0 Å². The molecule has 1 fully saturated rings. The minimum Gasteiger partial charge on any atom is -0.508 e. The summed E-state index contributed by atoms with van der Waals surface area (Å²) in [4.78, 5) is 0. The molecule has 0 saturated heterocycles. The van der Waals surface area contributed by atoms with Gasteiger partial charge in [0, 0.05) is 16.5 Å². The van der Waals surface area contributed by atoms with E-state index in [4.69, 9.17) is 0 Å². The van der Waals surface area contributed by atoms with Crippen molar-refractivity contribution in [1.29, 1.82) is 0 Å². The topological polar surface area (TPSA) is 60.7 Å². The maximum absolute atomic E-state index is 10.8. The molecule has 29 heavy (non-hydrogen) atoms. The van der Waals surface area contributed by atoms with Crippen LogP contribution in [0.25, 0.3) is 0 Å². The number of rotatable bonds is 3. The van der Waals surface area contributed by atoms with Crippen molar-refractivity contribution in [3.63, 3.8) is 0 Å². The molecule has 0 amide bonds. The molecular formula is C26H28O3. The largest absolute Gasteiger partial charge is 0.508 e. The Morgan fingerprint density at radius 3 is 1.62 bits per heavy atom. The highest BCUT2D eigenvalue weighted by molar-refractivity contribution is 5.53. The van der Waals surface area contributed by atoms with Gasteiger partial charge in [0.15, 0.2) is 0 Å². The van der Waals surface area contributed by atoms with Crippen LogP contribution in [0.4, 0.5) is 0 Å². The third-order valence-electron chi connectivity index (χ3n) is 6.54. The highest BCUT2D eigenvalue weighted by Gasteiger charge is 2.42. The lowest BCUT2D eigenvalue weighted by atomic mass is 9.61. The summed E-state index contributed by atoms with van der Waals surface area (Å²) in [6.45, 7) is 3.95. The molecule has 0 heterocycles. The smallest absolute Gasteiger partial charge is 0.119 e. The van der Waals surface area contributed by atoms with Gasteiger partial charge in [0.1, 0.15) is 17.2 Å². The number of phenolic OH excluding ortho intramolecular Hbond substituents is 3. The molecule has 0 radical (unpaired) electrons. The predicted octanol–water partition coefficient (Wildman–Crippen LogP) is 6.06. The van der Waals surface area contributed by atoms with Crippen molar-refractivity contribution in [1.82, 2.24) is 0 Å². The Balaban J connectivity index is 1.75. The fourth-order valence-corrected chi connectivity index (χ4v) is 4.97. The van der Waals surface area contributed by atoms with Gasteiger partial charge in [-0.15, -0.1) is 0 Å². The van der Waals surface area contributed by atoms with Crippen molar-refractivity contribution < 1.29 is 15.3 Å². The molecule has 1 aliphatic rings. The third-order valence-corrected chi connectivity index (χ3v) is 6.54. The molecular weight excluding hydrogens is 360 g/mol. The Hall–Kier alpha value is -2.94. The van der Waals surface area contributed by atoms with Crippen LogP contribution in [-0.4, -0.2) is 15.3 Å². The van der Waals surface area contributed by atoms with E-state index in [1.165, 1.54) is 5.56 Å². The Morgan fingerprint density at radius 1 is 0.690 bits per heavy atom. The quantitative estimate of drug-likeness (QED) is 0.511. The molecule has 150 valence electrons. The zero-order chi connectivity index (χ0) is 20.6. The summed E-state index contributed by atoms with van der Waals surface area (Å²) in [7, 11) is 0. The van der Waals surface area contributed by atoms with E-state index in [0.717, 1.165) is 47.9 Å². The first-order chi connectivity index (χ1) is 13.9. The van der Waals surface area contributed by atoms with Crippen LogP contribution >= 0.6 is 0 Å². The summed E-state index contributed by atoms with van der Waals surface area (Å²) < 4.78 is 0. The fourth-order valence-electron chi connectivity index (χ4n) is 4.97. The highest BCUT2D eigenvalue weighted by Crippen LogP contribution is 2.53. The zero-order valence-electron chi connectivity index (χ0n) is 17.0. The van der Waals surface area contributed by atoms with Gasteiger partial charge in [0.25, 0.3) is 0 Å². The zero-order valence-corrected chi connectivity index (χ0v) is 17.0. The Labute approximate surface area is 172 Å². The second kappa shape index (κ2) is 7.47. The Kier molecular flexibility index (Phi) is 4.99. The molecule has 0 aromatic heterocycles. The minimum atomic E-state index is -0.414. The summed E-state index contributed by atoms with van der Waals surface area (Å²) in [6.07, 6.45) is 3.58. The summed E-state index contributed by atoms with van der Waals surface area (Å²) in [5, 5.41) is 31.2. The first kappa shape index (κ1) is 19.4. The van der Waals surface area contributed by atoms with E-state index in [2.05, 4.69) is 0 Å². The summed E-state index contributed by atoms with van der Waals surface area (Å²) in [5.41, 5.74) is 4.65. The van der Waals surface area contributed by atoms with Gasteiger partial charge in [-0.3, -0.25) is 0 Å². The van der Waals surface area contributed by atoms with Gasteiger partial charge in [-0.1, -0.05) is 36.4 Å². The van der Waals surface area contributed by atoms with E-state index in [0.29, 0.717) is 17.4 Å². The minimum absolute atomic E-state index is 0.285. The lowest BCUT2D eigenvalue weighted by molar-refractivity contribution is 0.297. The second-order valence-corrected chi connectivity index (χ2v) is 8.49. The van der Waals surface area contributed by atoms with E-state index in [-0.39, 0.29) is 5.75 Å². The van der Waals surface area contributed by atoms with Crippen molar-refractivity contribution in [3.05, 3.63) is 88.5 Å². The maximum Gasteiger partial charge on any atom is 0.119 e. The number of phenols is 3. The van der Waals surface area contributed by atoms with Gasteiger partial charge in [-0.2, -0.15) is 0 Å². The molecule has 0 bridgehead atoms. The molecule has 3 aromatic rings. The molecule has 3 aromatic carbocycles. The van der Waals surface area contributed by atoms with Crippen LogP contribution in [-0.2, 0) is 5.41 Å². The Morgan fingerprint density at radius 2 is 1.17 bits per heavy atom. The molecule has 1 saturated carbocycles. The standard InChI is InChI=1S/C26H28O3/c1-17-3-9-22(24(28)15-17)26(23-10-4-18(2)16-25(23)29)13-11-20(12-14-26)19-5-7-21(27)8-6-19/h3-10,15-16,20,27-29H,11-14H2,1-2H3. The molecule has 4 rings (SSSR count). The average Bonchev–Trinajstić information content (AvgIpc) is 2.69. The number of hydrogen-bond acceptors (Lipinski definition) is 3. The SMILES string of the molecule is Cc1ccc(C2(c3ccc(C)cc3O)CCC(c3ccc(O)cc3)CC2)c(O)c1. The fraction of sp³-hybridized carbons (Fsp3) is 0.308. The van der Waals surface area contributed by atoms with Crippen LogP contribution in [0.5, 0.6) is 17.2 Å². The normalized spacial score (nSPS) is 16.6. The highest BCUT2D eigenvalue weighted by atomic mass is 16.3. The average molecular weight is 389 g/mol. The number of hydrogen-bond donors (Lipinski definition) is 3. The first-order valence-corrected chi connectivity index (χ1v) is 10.3. The van der Waals surface area contributed by atoms with Crippen molar-refractivity contribution in [2.24, 2.45) is 0 Å². The molecule has 3 nitrogen and oxygen atoms in total. The van der Waals surface area contributed by atoms with E-state index in [9.17, 15) is 15.3 Å². The summed E-state index contributed by atoms with van der Waals surface area (Å²) >= 11 is 0. The maximum atomic E-state index is 10.8. The van der Waals surface area contributed by atoms with E-state index in [1.54, 1.807) is 12.1 Å². The molecule has 3 N–H and O–H groups in total. The molecule has 0 aliphatic heterocycles. The van der Waals surface area contributed by atoms with Gasteiger partial charge in [0.05, 0.1) is 0 Å². The van der Waals surface area contributed by atoms with Crippen LogP contribution in [0.2, 0.25) is 0 Å². The van der Waals surface area contributed by atoms with Crippen molar-refractivity contribution >= 4 is 0 Å². The van der Waals surface area contributed by atoms with Gasteiger partial charge < -0.3 is 15.3 Å². The van der Waals surface area contributed by atoms with Gasteiger partial charge in [-0.05, 0) is 86.4 Å². The van der Waals surface area contributed by atoms with Crippen LogP contribution in [0.1, 0.15) is 59.4 Å². The van der Waals surface area contributed by atoms with Crippen molar-refractivity contribution in [2.75, 3.05) is 0 Å². The molecule has 0 spiro atoms. The van der Waals surface area contributed by atoms with Crippen LogP contribution in [0.3, 0.4) is 0 Å². The number of benzene rings is 3. The van der Waals surface area contributed by atoms with Gasteiger partial charge in [0.2, 0.25) is 0 Å². The molecule has 1 aliphatic carbocycles. The van der Waals surface area contributed by atoms with Crippen LogP contribution in [0, 0.1) is 13.8 Å². The van der Waals surface area contributed by atoms with Crippen molar-refractivity contribution in [3.8, 4) is 17.2 Å². The van der Waals surface area contributed by atoms with Gasteiger partial charge >= 0.3 is 0 Å². The number of aryl methyl sites for hydroxylation is 2. The lowest BCUT2D eigenvalue weighted by Crippen LogP contribution is -2.33. The van der Waals surface area contributed by atoms with Crippen molar-refractivity contribution in [2.45, 2.75) is 50.9 Å². The summed E-state index contributed by atoms with van der Waals surface area (Å²) in [6, 6.07) is 19.2. The molecule has 0 unspecified atom stereocenters. The lowest BCUT2D eigenvalue weighted by Gasteiger charge is -2.42. The van der Waals surface area contributed by atoms with E-state index in [1.807, 2.05) is 62.4 Å². The summed E-state index contributed by atoms with van der Waals surface area (Å²) in [5.74, 6) is 1.29. The first-order valence-electron chi connectivity index (χ1n) is 10.3. The molecule has 3 heteroatoms. The van der Waals surface area contributed by atoms with E-state index < -0.39 is 5.41 Å². The monoisotopic (exact) mass is 388 g/mol. The third kappa shape index (κ3) is 3.57. The Bertz CT molecular complexity index is 959. The predicted molar refractivity (Wildman–Crippen MR) is 116 cm³/mol. The van der Waals surface area contributed by atoms with Crippen LogP contribution < -0.4 is 0 Å².